The van der Waals surface area contributed by atoms with Gasteiger partial charge in [0.25, 0.3) is 5.91 Å². The van der Waals surface area contributed by atoms with Crippen LogP contribution in [0.1, 0.15) is 67.3 Å². The molecule has 4 amide bonds. The highest BCUT2D eigenvalue weighted by atomic mass is 16.2. The van der Waals surface area contributed by atoms with E-state index in [0.29, 0.717) is 31.6 Å². The lowest BCUT2D eigenvalue weighted by Crippen LogP contribution is -2.57. The number of carbonyl (C=O) groups excluding carboxylic acids is 4. The molecule has 11 nitrogen and oxygen atoms in total. The third-order valence-corrected chi connectivity index (χ3v) is 8.11. The number of imidazole rings is 1. The minimum absolute atomic E-state index is 0.0901. The Bertz CT molecular complexity index is 1460. The van der Waals surface area contributed by atoms with Gasteiger partial charge in [0.1, 0.15) is 23.9 Å². The molecule has 3 aromatic rings. The zero-order valence-corrected chi connectivity index (χ0v) is 27.3. The number of fused-ring (bicyclic) bond motifs is 18. The van der Waals surface area contributed by atoms with Crippen LogP contribution in [0, 0.1) is 5.92 Å². The van der Waals surface area contributed by atoms with Gasteiger partial charge in [-0.05, 0) is 61.9 Å². The van der Waals surface area contributed by atoms with Gasteiger partial charge in [-0.2, -0.15) is 0 Å². The van der Waals surface area contributed by atoms with E-state index in [1.165, 1.54) is 0 Å². The summed E-state index contributed by atoms with van der Waals surface area (Å²) < 4.78 is 2.00. The Balaban J connectivity index is 1.60. The number of amides is 4. The highest BCUT2D eigenvalue weighted by Crippen LogP contribution is 2.14. The van der Waals surface area contributed by atoms with Gasteiger partial charge in [-0.25, -0.2) is 4.98 Å². The van der Waals surface area contributed by atoms with Crippen LogP contribution in [0.25, 0.3) is 0 Å². The van der Waals surface area contributed by atoms with Crippen molar-refractivity contribution in [2.24, 2.45) is 13.0 Å². The molecule has 5 rings (SSSR count). The number of rotatable bonds is 6. The number of carbonyl (C=O) groups is 4. The lowest BCUT2D eigenvalue weighted by Gasteiger charge is -2.25. The van der Waals surface area contributed by atoms with Crippen molar-refractivity contribution >= 4 is 23.6 Å². The molecule has 1 aromatic heterocycles. The summed E-state index contributed by atoms with van der Waals surface area (Å²) >= 11 is 0. The van der Waals surface area contributed by atoms with E-state index >= 15 is 0 Å². The molecule has 4 N–H and O–H groups in total. The first kappa shape index (κ1) is 34.4. The van der Waals surface area contributed by atoms with E-state index in [2.05, 4.69) is 31.2 Å². The molecule has 2 aromatic carbocycles. The van der Waals surface area contributed by atoms with Gasteiger partial charge < -0.3 is 25.8 Å². The average molecular weight is 630 g/mol. The molecule has 2 bridgehead atoms. The van der Waals surface area contributed by atoms with Gasteiger partial charge in [0.15, 0.2) is 0 Å². The standard InChI is InChI=1S/C35H47N7O4/c1-24(2)20-29-34(45)38-25(3)32(43)37-16-8-9-18-42(23-31-36-17-19-41(31)4)22-27-12-14-28(15-13-27)33(44)39-30(35(46)40-29)21-26-10-6-5-7-11-26/h5-7,10-15,17,19,24-25,29-30H,8-9,16,18,20-23H2,1-4H3,(H,37,43)(H,38,45)(H,39,44)(H,40,46)/t25-,29+,30-/m1/s1. The Labute approximate surface area is 271 Å². The Morgan fingerprint density at radius 3 is 2.26 bits per heavy atom. The van der Waals surface area contributed by atoms with Crippen LogP contribution in [0.2, 0.25) is 0 Å². The van der Waals surface area contributed by atoms with Crippen LogP contribution in [0.5, 0.6) is 0 Å². The summed E-state index contributed by atoms with van der Waals surface area (Å²) in [5, 5.41) is 11.5. The van der Waals surface area contributed by atoms with Crippen LogP contribution in [-0.2, 0) is 40.9 Å². The predicted molar refractivity (Wildman–Crippen MR) is 176 cm³/mol. The maximum atomic E-state index is 13.7. The van der Waals surface area contributed by atoms with Crippen LogP contribution in [0.3, 0.4) is 0 Å². The van der Waals surface area contributed by atoms with Gasteiger partial charge in [-0.15, -0.1) is 0 Å². The average Bonchev–Trinajstić information content (AvgIpc) is 3.43. The van der Waals surface area contributed by atoms with E-state index in [0.717, 1.165) is 36.3 Å². The zero-order valence-electron chi connectivity index (χ0n) is 27.3. The maximum Gasteiger partial charge on any atom is 0.251 e. The largest absolute Gasteiger partial charge is 0.354 e. The molecule has 2 aliphatic heterocycles. The topological polar surface area (TPSA) is 137 Å². The van der Waals surface area contributed by atoms with Crippen LogP contribution >= 0.6 is 0 Å². The predicted octanol–water partition coefficient (Wildman–Crippen LogP) is 2.71. The number of nitrogens with zero attached hydrogens (tertiary/aromatic N) is 3. The summed E-state index contributed by atoms with van der Waals surface area (Å²) in [4.78, 5) is 60.2. The molecular formula is C35H47N7O4. The first-order chi connectivity index (χ1) is 22.1. The van der Waals surface area contributed by atoms with Gasteiger partial charge in [0, 0.05) is 44.5 Å². The molecule has 0 radical (unpaired) electrons. The van der Waals surface area contributed by atoms with Crippen LogP contribution in [0.15, 0.2) is 67.0 Å². The minimum atomic E-state index is -0.930. The van der Waals surface area contributed by atoms with E-state index in [9.17, 15) is 19.2 Å². The maximum absolute atomic E-state index is 13.7. The van der Waals surface area contributed by atoms with Gasteiger partial charge in [0.05, 0.1) is 6.54 Å². The molecule has 0 aliphatic carbocycles. The Morgan fingerprint density at radius 2 is 1.59 bits per heavy atom. The molecule has 0 fully saturated rings. The molecule has 0 saturated carbocycles. The van der Waals surface area contributed by atoms with Gasteiger partial charge >= 0.3 is 0 Å². The van der Waals surface area contributed by atoms with Crippen molar-refractivity contribution in [1.82, 2.24) is 35.7 Å². The van der Waals surface area contributed by atoms with E-state index in [1.54, 1.807) is 25.3 Å². The fraction of sp³-hybridized carbons (Fsp3) is 0.457. The van der Waals surface area contributed by atoms with Crippen molar-refractivity contribution in [2.45, 2.75) is 77.7 Å². The first-order valence-electron chi connectivity index (χ1n) is 16.1. The monoisotopic (exact) mass is 629 g/mol. The molecular weight excluding hydrogens is 582 g/mol. The number of hydrogen-bond donors (Lipinski definition) is 4. The summed E-state index contributed by atoms with van der Waals surface area (Å²) in [5.41, 5.74) is 2.34. The highest BCUT2D eigenvalue weighted by Gasteiger charge is 2.29. The second-order valence-electron chi connectivity index (χ2n) is 12.5. The third-order valence-electron chi connectivity index (χ3n) is 8.11. The van der Waals surface area contributed by atoms with Crippen LogP contribution in [-0.4, -0.2) is 69.3 Å². The van der Waals surface area contributed by atoms with Crippen LogP contribution < -0.4 is 21.3 Å². The van der Waals surface area contributed by atoms with Crippen molar-refractivity contribution in [3.05, 3.63) is 89.5 Å². The summed E-state index contributed by atoms with van der Waals surface area (Å²) in [7, 11) is 1.97. The molecule has 246 valence electrons. The third kappa shape index (κ3) is 10.3. The van der Waals surface area contributed by atoms with E-state index in [-0.39, 0.29) is 24.2 Å². The van der Waals surface area contributed by atoms with E-state index in [4.69, 9.17) is 0 Å². The number of hydrogen-bond acceptors (Lipinski definition) is 6. The lowest BCUT2D eigenvalue weighted by atomic mass is 10.0. The van der Waals surface area contributed by atoms with E-state index in [1.807, 2.05) is 74.1 Å². The molecule has 3 atom stereocenters. The molecule has 0 unspecified atom stereocenters. The molecule has 46 heavy (non-hydrogen) atoms. The number of aryl methyl sites for hydroxylation is 1. The molecule has 3 heterocycles. The van der Waals surface area contributed by atoms with Crippen molar-refractivity contribution in [1.29, 1.82) is 0 Å². The Morgan fingerprint density at radius 1 is 0.870 bits per heavy atom. The zero-order chi connectivity index (χ0) is 33.1. The summed E-state index contributed by atoms with van der Waals surface area (Å²) in [6.07, 6.45) is 5.92. The minimum Gasteiger partial charge on any atom is -0.354 e. The summed E-state index contributed by atoms with van der Waals surface area (Å²) in [6, 6.07) is 14.2. The normalized spacial score (nSPS) is 21.2. The van der Waals surface area contributed by atoms with Gasteiger partial charge in [-0.3, -0.25) is 24.1 Å². The summed E-state index contributed by atoms with van der Waals surface area (Å²) in [6.45, 7) is 8.11. The fourth-order valence-corrected chi connectivity index (χ4v) is 5.46. The van der Waals surface area contributed by atoms with Crippen molar-refractivity contribution in [3.63, 3.8) is 0 Å². The SMILES string of the molecule is CC(C)C[C@@H]1NC(=O)[C@@H](Cc2ccccc2)NC(=O)c2ccc(cc2)CN(Cc2nccn2C)CCCCNC(=O)[C@@H](C)NC1=O. The Hall–Kier alpha value is -4.51. The van der Waals surface area contributed by atoms with Crippen molar-refractivity contribution < 1.29 is 19.2 Å². The Kier molecular flexibility index (Phi) is 12.5. The quantitative estimate of drug-likeness (QED) is 0.310. The second-order valence-corrected chi connectivity index (χ2v) is 12.5. The smallest absolute Gasteiger partial charge is 0.251 e. The van der Waals surface area contributed by atoms with Gasteiger partial charge in [0.2, 0.25) is 17.7 Å². The fourth-order valence-electron chi connectivity index (χ4n) is 5.46. The van der Waals surface area contributed by atoms with Crippen molar-refractivity contribution in [2.75, 3.05) is 13.1 Å². The highest BCUT2D eigenvalue weighted by molar-refractivity contribution is 5.98. The molecule has 0 spiro atoms. The number of nitrogens with one attached hydrogen (secondary N) is 4. The van der Waals surface area contributed by atoms with E-state index < -0.39 is 29.9 Å². The van der Waals surface area contributed by atoms with Crippen LogP contribution in [0.4, 0.5) is 0 Å². The number of aromatic nitrogens is 2. The summed E-state index contributed by atoms with van der Waals surface area (Å²) in [5.74, 6) is -0.546. The van der Waals surface area contributed by atoms with Gasteiger partial charge in [-0.1, -0.05) is 56.3 Å². The molecule has 2 aliphatic rings. The first-order valence-corrected chi connectivity index (χ1v) is 16.1. The number of benzene rings is 2. The second kappa shape index (κ2) is 16.7. The van der Waals surface area contributed by atoms with Crippen molar-refractivity contribution in [3.8, 4) is 0 Å². The molecule has 0 saturated heterocycles. The molecule has 11 heteroatoms. The lowest BCUT2D eigenvalue weighted by molar-refractivity contribution is -0.132.